The quantitative estimate of drug-likeness (QED) is 0.543. The molecule has 1 aliphatic rings. The van der Waals surface area contributed by atoms with Crippen molar-refractivity contribution in [2.75, 3.05) is 37.6 Å². The van der Waals surface area contributed by atoms with Crippen LogP contribution in [0.1, 0.15) is 16.8 Å². The van der Waals surface area contributed by atoms with E-state index in [9.17, 15) is 22.4 Å². The molecule has 1 fully saturated rings. The first-order chi connectivity index (χ1) is 13.3. The summed E-state index contributed by atoms with van der Waals surface area (Å²) in [7, 11) is 0. The van der Waals surface area contributed by atoms with E-state index in [0.717, 1.165) is 44.0 Å². The maximum absolute atomic E-state index is 13.0. The first-order valence-corrected chi connectivity index (χ1v) is 8.92. The Balaban J connectivity index is 1.44. The minimum Gasteiger partial charge on any atom is -0.406 e. The van der Waals surface area contributed by atoms with Crippen LogP contribution in [0.3, 0.4) is 0 Å². The predicted molar refractivity (Wildman–Crippen MR) is 97.1 cm³/mol. The number of ether oxygens (including phenoxy) is 1. The number of piperazine rings is 1. The van der Waals surface area contributed by atoms with Gasteiger partial charge in [-0.15, -0.1) is 13.2 Å². The third kappa shape index (κ3) is 5.69. The third-order valence-corrected chi connectivity index (χ3v) is 4.63. The normalized spacial score (nSPS) is 15.5. The molecule has 28 heavy (non-hydrogen) atoms. The van der Waals surface area contributed by atoms with Gasteiger partial charge in [-0.3, -0.25) is 9.69 Å². The van der Waals surface area contributed by atoms with Crippen molar-refractivity contribution < 1.29 is 27.1 Å². The van der Waals surface area contributed by atoms with Crippen molar-refractivity contribution in [3.8, 4) is 5.75 Å². The van der Waals surface area contributed by atoms with Gasteiger partial charge in [0.15, 0.2) is 5.78 Å². The molecule has 1 heterocycles. The van der Waals surface area contributed by atoms with Crippen LogP contribution in [0.15, 0.2) is 48.5 Å². The predicted octanol–water partition coefficient (Wildman–Crippen LogP) is 4.12. The summed E-state index contributed by atoms with van der Waals surface area (Å²) in [6.07, 6.45) is -4.46. The molecular weight excluding hydrogens is 376 g/mol. The number of carbonyl (C=O) groups excluding carboxylic acids is 1. The molecule has 0 radical (unpaired) electrons. The highest BCUT2D eigenvalue weighted by molar-refractivity contribution is 5.96. The van der Waals surface area contributed by atoms with Crippen molar-refractivity contribution in [2.45, 2.75) is 12.8 Å². The highest BCUT2D eigenvalue weighted by Gasteiger charge is 2.31. The maximum Gasteiger partial charge on any atom is 0.573 e. The Kier molecular flexibility index (Phi) is 6.18. The minimum absolute atomic E-state index is 0.125. The first kappa shape index (κ1) is 20.1. The summed E-state index contributed by atoms with van der Waals surface area (Å²) >= 11 is 0. The molecule has 2 aromatic carbocycles. The lowest BCUT2D eigenvalue weighted by atomic mass is 10.1. The van der Waals surface area contributed by atoms with Gasteiger partial charge in [0, 0.05) is 50.4 Å². The lowest BCUT2D eigenvalue weighted by Crippen LogP contribution is -2.46. The summed E-state index contributed by atoms with van der Waals surface area (Å²) in [5.41, 5.74) is 1.33. The first-order valence-electron chi connectivity index (χ1n) is 8.92. The van der Waals surface area contributed by atoms with Crippen LogP contribution < -0.4 is 9.64 Å². The van der Waals surface area contributed by atoms with Gasteiger partial charge in [-0.2, -0.15) is 0 Å². The average Bonchev–Trinajstić information content (AvgIpc) is 2.66. The van der Waals surface area contributed by atoms with Crippen LogP contribution in [0, 0.1) is 5.82 Å². The molecule has 150 valence electrons. The molecule has 4 nitrogen and oxygen atoms in total. The van der Waals surface area contributed by atoms with Gasteiger partial charge < -0.3 is 9.64 Å². The van der Waals surface area contributed by atoms with Gasteiger partial charge in [0.05, 0.1) is 0 Å². The molecule has 2 aromatic rings. The van der Waals surface area contributed by atoms with E-state index in [1.54, 1.807) is 12.1 Å². The SMILES string of the molecule is O=C(CCN1CCN(c2ccc(F)cc2)CC1)c1ccc(OC(F)(F)F)cc1. The summed E-state index contributed by atoms with van der Waals surface area (Å²) in [5, 5.41) is 0. The molecule has 1 saturated heterocycles. The Morgan fingerprint density at radius 2 is 1.54 bits per heavy atom. The summed E-state index contributed by atoms with van der Waals surface area (Å²) in [6.45, 7) is 3.70. The number of ketones is 1. The number of alkyl halides is 3. The second-order valence-electron chi connectivity index (χ2n) is 6.55. The molecule has 3 rings (SSSR count). The molecule has 0 amide bonds. The fourth-order valence-corrected chi connectivity index (χ4v) is 3.13. The fraction of sp³-hybridized carbons (Fsp3) is 0.350. The lowest BCUT2D eigenvalue weighted by molar-refractivity contribution is -0.274. The molecule has 0 aromatic heterocycles. The van der Waals surface area contributed by atoms with Crippen LogP contribution in [-0.2, 0) is 0 Å². The van der Waals surface area contributed by atoms with E-state index in [-0.39, 0.29) is 23.8 Å². The van der Waals surface area contributed by atoms with Crippen LogP contribution >= 0.6 is 0 Å². The standard InChI is InChI=1S/C20H20F4N2O2/c21-16-3-5-17(6-4-16)26-13-11-25(12-14-26)10-9-19(27)15-1-7-18(8-2-15)28-20(22,23)24/h1-8H,9-14H2. The number of carbonyl (C=O) groups is 1. The Morgan fingerprint density at radius 1 is 0.929 bits per heavy atom. The Morgan fingerprint density at radius 3 is 2.11 bits per heavy atom. The molecule has 0 unspecified atom stereocenters. The van der Waals surface area contributed by atoms with Gasteiger partial charge in [0.2, 0.25) is 0 Å². The van der Waals surface area contributed by atoms with Gasteiger partial charge >= 0.3 is 6.36 Å². The second kappa shape index (κ2) is 8.60. The van der Waals surface area contributed by atoms with Crippen molar-refractivity contribution in [1.82, 2.24) is 4.90 Å². The molecular formula is C20H20F4N2O2. The Labute approximate surface area is 160 Å². The van der Waals surface area contributed by atoms with Gasteiger partial charge in [0.1, 0.15) is 11.6 Å². The number of nitrogens with zero attached hydrogens (tertiary/aromatic N) is 2. The molecule has 0 atom stereocenters. The topological polar surface area (TPSA) is 32.8 Å². The van der Waals surface area contributed by atoms with Crippen molar-refractivity contribution >= 4 is 11.5 Å². The van der Waals surface area contributed by atoms with E-state index in [4.69, 9.17) is 0 Å². The van der Waals surface area contributed by atoms with E-state index in [0.29, 0.717) is 12.1 Å². The monoisotopic (exact) mass is 396 g/mol. The van der Waals surface area contributed by atoms with Crippen LogP contribution in [0.5, 0.6) is 5.75 Å². The van der Waals surface area contributed by atoms with Crippen LogP contribution in [0.2, 0.25) is 0 Å². The molecule has 0 aliphatic carbocycles. The average molecular weight is 396 g/mol. The zero-order chi connectivity index (χ0) is 20.1. The fourth-order valence-electron chi connectivity index (χ4n) is 3.13. The van der Waals surface area contributed by atoms with Crippen molar-refractivity contribution in [2.24, 2.45) is 0 Å². The molecule has 0 bridgehead atoms. The summed E-state index contributed by atoms with van der Waals surface area (Å²) in [6, 6.07) is 11.3. The molecule has 0 spiro atoms. The smallest absolute Gasteiger partial charge is 0.406 e. The van der Waals surface area contributed by atoms with E-state index < -0.39 is 6.36 Å². The Bertz CT molecular complexity index is 783. The zero-order valence-electron chi connectivity index (χ0n) is 15.1. The summed E-state index contributed by atoms with van der Waals surface area (Å²) in [5.74, 6) is -0.737. The van der Waals surface area contributed by atoms with Crippen molar-refractivity contribution in [1.29, 1.82) is 0 Å². The summed E-state index contributed by atoms with van der Waals surface area (Å²) < 4.78 is 53.3. The lowest BCUT2D eigenvalue weighted by Gasteiger charge is -2.36. The van der Waals surface area contributed by atoms with Gasteiger partial charge in [0.25, 0.3) is 0 Å². The van der Waals surface area contributed by atoms with E-state index in [1.165, 1.54) is 24.3 Å². The maximum atomic E-state index is 13.0. The largest absolute Gasteiger partial charge is 0.573 e. The minimum atomic E-state index is -4.75. The number of benzene rings is 2. The molecule has 0 saturated carbocycles. The van der Waals surface area contributed by atoms with Gasteiger partial charge in [-0.25, -0.2) is 4.39 Å². The number of anilines is 1. The highest BCUT2D eigenvalue weighted by atomic mass is 19.4. The Hall–Kier alpha value is -2.61. The highest BCUT2D eigenvalue weighted by Crippen LogP contribution is 2.23. The number of halogens is 4. The zero-order valence-corrected chi connectivity index (χ0v) is 15.1. The molecule has 0 N–H and O–H groups in total. The van der Waals surface area contributed by atoms with Gasteiger partial charge in [-0.1, -0.05) is 0 Å². The van der Waals surface area contributed by atoms with E-state index in [2.05, 4.69) is 14.5 Å². The van der Waals surface area contributed by atoms with Crippen molar-refractivity contribution in [3.63, 3.8) is 0 Å². The number of rotatable bonds is 6. The number of hydrogen-bond donors (Lipinski definition) is 0. The second-order valence-corrected chi connectivity index (χ2v) is 6.55. The molecule has 8 heteroatoms. The third-order valence-electron chi connectivity index (χ3n) is 4.63. The van der Waals surface area contributed by atoms with Crippen molar-refractivity contribution in [3.05, 3.63) is 59.9 Å². The van der Waals surface area contributed by atoms with Crippen LogP contribution in [0.25, 0.3) is 0 Å². The van der Waals surface area contributed by atoms with E-state index >= 15 is 0 Å². The van der Waals surface area contributed by atoms with Crippen LogP contribution in [0.4, 0.5) is 23.2 Å². The number of hydrogen-bond acceptors (Lipinski definition) is 4. The van der Waals surface area contributed by atoms with Gasteiger partial charge in [-0.05, 0) is 48.5 Å². The molecule has 1 aliphatic heterocycles. The van der Waals surface area contributed by atoms with Crippen LogP contribution in [-0.4, -0.2) is 49.8 Å². The number of Topliss-reactive ketones (excluding diaryl/α,β-unsaturated/α-hetero) is 1. The van der Waals surface area contributed by atoms with E-state index in [1.807, 2.05) is 0 Å². The summed E-state index contributed by atoms with van der Waals surface area (Å²) in [4.78, 5) is 16.6.